The Morgan fingerprint density at radius 3 is 2.25 bits per heavy atom. The van der Waals surface area contributed by atoms with Crippen LogP contribution in [-0.4, -0.2) is 50.1 Å². The third-order valence-electron chi connectivity index (χ3n) is 5.40. The first-order valence-electron chi connectivity index (χ1n) is 10.7. The molecular weight excluding hydrogens is 439 g/mol. The Labute approximate surface area is 202 Å². The van der Waals surface area contributed by atoms with Gasteiger partial charge in [-0.15, -0.1) is 0 Å². The Morgan fingerprint density at radius 2 is 1.66 bits per heavy atom. The quantitative estimate of drug-likeness (QED) is 0.516. The maximum Gasteiger partial charge on any atom is 0.0672 e. The average molecular weight is 469 g/mol. The summed E-state index contributed by atoms with van der Waals surface area (Å²) in [5.74, 6) is 0.622. The van der Waals surface area contributed by atoms with E-state index in [1.807, 2.05) is 43.4 Å². The summed E-state index contributed by atoms with van der Waals surface area (Å²) >= 11 is 11.6. The SMILES string of the molecule is CN(C/C=C/c1ccc(Cl)cc1)CCC#N.CN1C[C@H](Cc2ccc(Cl)cc2)[C@@H](C#N)C1. The summed E-state index contributed by atoms with van der Waals surface area (Å²) in [4.78, 5) is 4.34. The number of nitrogens with zero attached hydrogens (tertiary/aromatic N) is 4. The molecule has 0 radical (unpaired) electrons. The third-order valence-corrected chi connectivity index (χ3v) is 5.91. The molecule has 0 aromatic heterocycles. The second-order valence-corrected chi connectivity index (χ2v) is 9.04. The topological polar surface area (TPSA) is 54.1 Å². The van der Waals surface area contributed by atoms with E-state index >= 15 is 0 Å². The number of hydrogen-bond acceptors (Lipinski definition) is 4. The molecule has 0 unspecified atom stereocenters. The first-order valence-corrected chi connectivity index (χ1v) is 11.5. The molecule has 2 aromatic rings. The summed E-state index contributed by atoms with van der Waals surface area (Å²) in [6.07, 6.45) is 5.69. The van der Waals surface area contributed by atoms with E-state index in [0.717, 1.165) is 48.2 Å². The molecule has 1 heterocycles. The predicted octanol–water partition coefficient (Wildman–Crippen LogP) is 5.78. The first-order chi connectivity index (χ1) is 15.4. The molecule has 0 aliphatic carbocycles. The molecule has 32 heavy (non-hydrogen) atoms. The maximum absolute atomic E-state index is 9.08. The highest BCUT2D eigenvalue weighted by atomic mass is 35.5. The van der Waals surface area contributed by atoms with Crippen molar-refractivity contribution in [3.8, 4) is 12.1 Å². The Morgan fingerprint density at radius 1 is 1.03 bits per heavy atom. The lowest BCUT2D eigenvalue weighted by atomic mass is 9.91. The van der Waals surface area contributed by atoms with Gasteiger partial charge in [-0.25, -0.2) is 0 Å². The number of rotatable bonds is 7. The summed E-state index contributed by atoms with van der Waals surface area (Å²) in [6.45, 7) is 3.57. The molecule has 2 aromatic carbocycles. The van der Waals surface area contributed by atoms with E-state index < -0.39 is 0 Å². The zero-order valence-corrected chi connectivity index (χ0v) is 20.2. The van der Waals surface area contributed by atoms with Crippen LogP contribution in [0.25, 0.3) is 6.08 Å². The van der Waals surface area contributed by atoms with Gasteiger partial charge in [-0.05, 0) is 61.8 Å². The van der Waals surface area contributed by atoms with Crippen LogP contribution in [0.3, 0.4) is 0 Å². The molecule has 1 saturated heterocycles. The van der Waals surface area contributed by atoms with Crippen molar-refractivity contribution < 1.29 is 0 Å². The van der Waals surface area contributed by atoms with Crippen LogP contribution in [0.15, 0.2) is 54.6 Å². The van der Waals surface area contributed by atoms with E-state index in [0.29, 0.717) is 12.3 Å². The van der Waals surface area contributed by atoms with Gasteiger partial charge in [0.15, 0.2) is 0 Å². The van der Waals surface area contributed by atoms with Crippen molar-refractivity contribution in [2.45, 2.75) is 12.8 Å². The Balaban J connectivity index is 0.000000227. The van der Waals surface area contributed by atoms with E-state index in [4.69, 9.17) is 33.7 Å². The number of halogens is 2. The highest BCUT2D eigenvalue weighted by molar-refractivity contribution is 6.30. The Kier molecular flexibility index (Phi) is 11.3. The maximum atomic E-state index is 9.08. The lowest BCUT2D eigenvalue weighted by Gasteiger charge is -2.12. The van der Waals surface area contributed by atoms with Crippen LogP contribution < -0.4 is 0 Å². The molecule has 1 fully saturated rings. The number of likely N-dealkylation sites (N-methyl/N-ethyl adjacent to an activating group) is 1. The minimum Gasteiger partial charge on any atom is -0.305 e. The van der Waals surface area contributed by atoms with Crippen LogP contribution in [0.5, 0.6) is 0 Å². The number of nitriles is 2. The highest BCUT2D eigenvalue weighted by Crippen LogP contribution is 2.25. The fourth-order valence-corrected chi connectivity index (χ4v) is 3.89. The summed E-state index contributed by atoms with van der Waals surface area (Å²) in [7, 11) is 4.08. The fourth-order valence-electron chi connectivity index (χ4n) is 3.64. The van der Waals surface area contributed by atoms with Crippen LogP contribution in [0.2, 0.25) is 10.0 Å². The van der Waals surface area contributed by atoms with Crippen molar-refractivity contribution in [1.29, 1.82) is 10.5 Å². The second-order valence-electron chi connectivity index (χ2n) is 8.17. The average Bonchev–Trinajstić information content (AvgIpc) is 3.15. The molecule has 0 bridgehead atoms. The summed E-state index contributed by atoms with van der Waals surface area (Å²) < 4.78 is 0. The molecule has 3 rings (SSSR count). The zero-order valence-electron chi connectivity index (χ0n) is 18.7. The lowest BCUT2D eigenvalue weighted by molar-refractivity contribution is 0.380. The predicted molar refractivity (Wildman–Crippen MR) is 133 cm³/mol. The molecule has 0 N–H and O–H groups in total. The monoisotopic (exact) mass is 468 g/mol. The molecule has 0 saturated carbocycles. The minimum atomic E-state index is 0.167. The molecular formula is C26H30Cl2N4. The minimum absolute atomic E-state index is 0.167. The van der Waals surface area contributed by atoms with Gasteiger partial charge in [0.05, 0.1) is 18.1 Å². The normalized spacial score (nSPS) is 18.2. The van der Waals surface area contributed by atoms with Crippen LogP contribution in [0, 0.1) is 34.5 Å². The van der Waals surface area contributed by atoms with E-state index in [-0.39, 0.29) is 5.92 Å². The van der Waals surface area contributed by atoms with Crippen molar-refractivity contribution in [3.63, 3.8) is 0 Å². The second kappa shape index (κ2) is 13.9. The molecule has 2 atom stereocenters. The van der Waals surface area contributed by atoms with Crippen molar-refractivity contribution >= 4 is 29.3 Å². The molecule has 1 aliphatic heterocycles. The van der Waals surface area contributed by atoms with Gasteiger partial charge in [0, 0.05) is 42.6 Å². The van der Waals surface area contributed by atoms with Crippen LogP contribution in [0.4, 0.5) is 0 Å². The third kappa shape index (κ3) is 9.43. The smallest absolute Gasteiger partial charge is 0.0672 e. The summed E-state index contributed by atoms with van der Waals surface area (Å²) in [5.41, 5.74) is 2.41. The van der Waals surface area contributed by atoms with Gasteiger partial charge in [-0.3, -0.25) is 0 Å². The van der Waals surface area contributed by atoms with Crippen molar-refractivity contribution in [3.05, 3.63) is 75.8 Å². The Hall–Kier alpha value is -2.34. The van der Waals surface area contributed by atoms with E-state index in [2.05, 4.69) is 53.3 Å². The van der Waals surface area contributed by atoms with Gasteiger partial charge in [-0.1, -0.05) is 59.6 Å². The van der Waals surface area contributed by atoms with Crippen LogP contribution >= 0.6 is 23.2 Å². The van der Waals surface area contributed by atoms with Crippen molar-refractivity contribution in [2.75, 3.05) is 40.3 Å². The molecule has 4 nitrogen and oxygen atoms in total. The molecule has 1 aliphatic rings. The van der Waals surface area contributed by atoms with Gasteiger partial charge in [0.25, 0.3) is 0 Å². The van der Waals surface area contributed by atoms with Gasteiger partial charge in [-0.2, -0.15) is 10.5 Å². The fraction of sp³-hybridized carbons (Fsp3) is 0.385. The molecule has 168 valence electrons. The van der Waals surface area contributed by atoms with Crippen molar-refractivity contribution in [1.82, 2.24) is 9.80 Å². The van der Waals surface area contributed by atoms with Gasteiger partial charge in [0.2, 0.25) is 0 Å². The highest BCUT2D eigenvalue weighted by Gasteiger charge is 2.30. The molecule has 6 heteroatoms. The number of likely N-dealkylation sites (tertiary alicyclic amines) is 1. The van der Waals surface area contributed by atoms with Gasteiger partial charge in [0.1, 0.15) is 0 Å². The number of hydrogen-bond donors (Lipinski definition) is 0. The zero-order chi connectivity index (χ0) is 23.3. The standard InChI is InChI=1S/2C13H15ClN2/c1-16-8-11(12(7-15)9-16)6-10-2-4-13(14)5-3-10;1-16(11-3-9-15)10-2-4-12-5-7-13(14)8-6-12/h2-5,11-12H,6,8-9H2,1H3;2,4-8H,3,10-11H2,1H3/b;4-2+/t11-,12-;/m0./s1. The van der Waals surface area contributed by atoms with Crippen molar-refractivity contribution in [2.24, 2.45) is 11.8 Å². The van der Waals surface area contributed by atoms with Crippen LogP contribution in [0.1, 0.15) is 17.5 Å². The molecule has 0 spiro atoms. The van der Waals surface area contributed by atoms with E-state index in [9.17, 15) is 0 Å². The number of benzene rings is 2. The first kappa shape index (κ1) is 25.9. The van der Waals surface area contributed by atoms with Crippen LogP contribution in [-0.2, 0) is 6.42 Å². The summed E-state index contributed by atoms with van der Waals surface area (Å²) in [6, 6.07) is 20.2. The lowest BCUT2D eigenvalue weighted by Crippen LogP contribution is -2.18. The Bertz CT molecular complexity index is 926. The summed E-state index contributed by atoms with van der Waals surface area (Å²) in [5, 5.41) is 19.0. The van der Waals surface area contributed by atoms with Gasteiger partial charge < -0.3 is 9.80 Å². The van der Waals surface area contributed by atoms with E-state index in [1.54, 1.807) is 0 Å². The largest absolute Gasteiger partial charge is 0.305 e. The molecule has 0 amide bonds. The van der Waals surface area contributed by atoms with Gasteiger partial charge >= 0.3 is 0 Å². The van der Waals surface area contributed by atoms with E-state index in [1.165, 1.54) is 5.56 Å².